The van der Waals surface area contributed by atoms with Gasteiger partial charge < -0.3 is 10.4 Å². The molecular formula is C18H23NO4. The van der Waals surface area contributed by atoms with Crippen molar-refractivity contribution in [2.24, 2.45) is 5.41 Å². The van der Waals surface area contributed by atoms with Crippen molar-refractivity contribution in [3.8, 4) is 0 Å². The number of hydrogen-bond acceptors (Lipinski definition) is 4. The van der Waals surface area contributed by atoms with Crippen LogP contribution >= 0.6 is 0 Å². The maximum atomic E-state index is 12.4. The number of carbonyl (C=O) groups excluding carboxylic acids is 3. The average Bonchev–Trinajstić information content (AvgIpc) is 2.49. The number of ketones is 1. The predicted molar refractivity (Wildman–Crippen MR) is 88.4 cm³/mol. The summed E-state index contributed by atoms with van der Waals surface area (Å²) in [6.45, 7) is 6.88. The molecule has 0 heterocycles. The summed E-state index contributed by atoms with van der Waals surface area (Å²) in [6, 6.07) is 5.66. The molecule has 0 fully saturated rings. The molecule has 5 heteroatoms. The Bertz CT molecular complexity index is 614. The summed E-state index contributed by atoms with van der Waals surface area (Å²) < 4.78 is 0. The second-order valence-electron chi connectivity index (χ2n) is 6.48. The van der Waals surface area contributed by atoms with Crippen molar-refractivity contribution in [2.75, 3.05) is 0 Å². The van der Waals surface area contributed by atoms with Crippen molar-refractivity contribution in [3.05, 3.63) is 47.5 Å². The lowest BCUT2D eigenvalue weighted by Gasteiger charge is -2.32. The molecule has 0 aromatic heterocycles. The lowest BCUT2D eigenvalue weighted by molar-refractivity contribution is -0.112. The third-order valence-electron chi connectivity index (χ3n) is 3.40. The SMILES string of the molecule is CC(=O)/C=C/[C@H](NC(=O)c1ccccc1C=O)[C@H](O)C(C)(C)C. The second kappa shape index (κ2) is 7.83. The number of benzene rings is 1. The van der Waals surface area contributed by atoms with Crippen LogP contribution < -0.4 is 5.32 Å². The number of aliphatic hydroxyl groups is 1. The lowest BCUT2D eigenvalue weighted by Crippen LogP contribution is -2.48. The maximum absolute atomic E-state index is 12.4. The Morgan fingerprint density at radius 1 is 1.22 bits per heavy atom. The Morgan fingerprint density at radius 2 is 1.83 bits per heavy atom. The van der Waals surface area contributed by atoms with Gasteiger partial charge in [-0.15, -0.1) is 0 Å². The standard InChI is InChI=1S/C18H23NO4/c1-12(21)9-10-15(16(22)18(2,3)4)19-17(23)14-8-6-5-7-13(14)11-20/h5-11,15-16,22H,1-4H3,(H,19,23)/b10-9+/t15-,16-/m0/s1. The molecule has 0 unspecified atom stereocenters. The summed E-state index contributed by atoms with van der Waals surface area (Å²) in [5.74, 6) is -0.659. The van der Waals surface area contributed by atoms with Crippen LogP contribution in [-0.4, -0.2) is 35.2 Å². The van der Waals surface area contributed by atoms with Gasteiger partial charge in [0.2, 0.25) is 0 Å². The highest BCUT2D eigenvalue weighted by atomic mass is 16.3. The van der Waals surface area contributed by atoms with Crippen LogP contribution in [-0.2, 0) is 4.79 Å². The number of carbonyl (C=O) groups is 3. The van der Waals surface area contributed by atoms with E-state index in [1.165, 1.54) is 25.1 Å². The minimum absolute atomic E-state index is 0.182. The van der Waals surface area contributed by atoms with Gasteiger partial charge in [-0.2, -0.15) is 0 Å². The predicted octanol–water partition coefficient (Wildman–Crippen LogP) is 2.15. The average molecular weight is 317 g/mol. The molecule has 1 aromatic rings. The second-order valence-corrected chi connectivity index (χ2v) is 6.48. The topological polar surface area (TPSA) is 83.5 Å². The first-order valence-electron chi connectivity index (χ1n) is 7.38. The number of aldehydes is 1. The van der Waals surface area contributed by atoms with Gasteiger partial charge in [0, 0.05) is 11.1 Å². The van der Waals surface area contributed by atoms with Crippen LogP contribution in [0, 0.1) is 5.41 Å². The first-order valence-corrected chi connectivity index (χ1v) is 7.38. The number of hydrogen-bond donors (Lipinski definition) is 2. The number of aliphatic hydroxyl groups excluding tert-OH is 1. The summed E-state index contributed by atoms with van der Waals surface area (Å²) in [5.41, 5.74) is -0.00198. The molecule has 0 bridgehead atoms. The summed E-state index contributed by atoms with van der Waals surface area (Å²) in [7, 11) is 0. The molecule has 0 aliphatic carbocycles. The van der Waals surface area contributed by atoms with E-state index in [4.69, 9.17) is 0 Å². The molecule has 0 spiro atoms. The van der Waals surface area contributed by atoms with Gasteiger partial charge in [-0.05, 0) is 24.5 Å². The molecule has 1 aromatic carbocycles. The van der Waals surface area contributed by atoms with Gasteiger partial charge in [0.15, 0.2) is 12.1 Å². The van der Waals surface area contributed by atoms with E-state index in [1.54, 1.807) is 18.2 Å². The van der Waals surface area contributed by atoms with Crippen molar-refractivity contribution >= 4 is 18.0 Å². The highest BCUT2D eigenvalue weighted by molar-refractivity contribution is 6.01. The first kappa shape index (κ1) is 18.8. The smallest absolute Gasteiger partial charge is 0.252 e. The van der Waals surface area contributed by atoms with E-state index in [-0.39, 0.29) is 16.9 Å². The van der Waals surface area contributed by atoms with Gasteiger partial charge in [-0.3, -0.25) is 14.4 Å². The largest absolute Gasteiger partial charge is 0.390 e. The Kier molecular flexibility index (Phi) is 6.39. The molecule has 2 atom stereocenters. The fourth-order valence-electron chi connectivity index (χ4n) is 2.05. The molecule has 0 saturated heterocycles. The first-order chi connectivity index (χ1) is 10.7. The van der Waals surface area contributed by atoms with Crippen molar-refractivity contribution in [1.82, 2.24) is 5.32 Å². The zero-order chi connectivity index (χ0) is 17.6. The van der Waals surface area contributed by atoms with Gasteiger partial charge >= 0.3 is 0 Å². The van der Waals surface area contributed by atoms with Crippen molar-refractivity contribution in [2.45, 2.75) is 39.8 Å². The molecule has 124 valence electrons. The van der Waals surface area contributed by atoms with E-state index in [0.717, 1.165) is 0 Å². The normalized spacial score (nSPS) is 14.3. The van der Waals surface area contributed by atoms with Crippen LogP contribution in [0.3, 0.4) is 0 Å². The zero-order valence-electron chi connectivity index (χ0n) is 13.9. The monoisotopic (exact) mass is 317 g/mol. The van der Waals surface area contributed by atoms with Gasteiger partial charge in [0.1, 0.15) is 0 Å². The fourth-order valence-corrected chi connectivity index (χ4v) is 2.05. The molecule has 0 saturated carbocycles. The number of allylic oxidation sites excluding steroid dienone is 1. The molecule has 1 amide bonds. The van der Waals surface area contributed by atoms with Crippen LogP contribution in [0.1, 0.15) is 48.4 Å². The summed E-state index contributed by atoms with van der Waals surface area (Å²) in [6.07, 6.45) is 2.49. The quantitative estimate of drug-likeness (QED) is 0.622. The Balaban J connectivity index is 3.07. The number of nitrogens with one attached hydrogen (secondary N) is 1. The van der Waals surface area contributed by atoms with E-state index < -0.39 is 23.5 Å². The van der Waals surface area contributed by atoms with E-state index >= 15 is 0 Å². The van der Waals surface area contributed by atoms with Crippen molar-refractivity contribution < 1.29 is 19.5 Å². The maximum Gasteiger partial charge on any atom is 0.252 e. The Hall–Kier alpha value is -2.27. The van der Waals surface area contributed by atoms with E-state index in [1.807, 2.05) is 20.8 Å². The number of amides is 1. The van der Waals surface area contributed by atoms with Gasteiger partial charge in [-0.1, -0.05) is 45.0 Å². The molecule has 0 aliphatic heterocycles. The van der Waals surface area contributed by atoms with Crippen LogP contribution in [0.25, 0.3) is 0 Å². The van der Waals surface area contributed by atoms with E-state index in [2.05, 4.69) is 5.32 Å². The summed E-state index contributed by atoms with van der Waals surface area (Å²) >= 11 is 0. The van der Waals surface area contributed by atoms with E-state index in [9.17, 15) is 19.5 Å². The van der Waals surface area contributed by atoms with Crippen LogP contribution in [0.15, 0.2) is 36.4 Å². The van der Waals surface area contributed by atoms with Gasteiger partial charge in [0.25, 0.3) is 5.91 Å². The van der Waals surface area contributed by atoms with Gasteiger partial charge in [-0.25, -0.2) is 0 Å². The summed E-state index contributed by atoms with van der Waals surface area (Å²) in [5, 5.41) is 13.1. The molecular weight excluding hydrogens is 294 g/mol. The van der Waals surface area contributed by atoms with Gasteiger partial charge in [0.05, 0.1) is 12.1 Å². The van der Waals surface area contributed by atoms with Crippen molar-refractivity contribution in [3.63, 3.8) is 0 Å². The molecule has 2 N–H and O–H groups in total. The molecule has 0 aliphatic rings. The minimum atomic E-state index is -0.898. The number of rotatable bonds is 6. The van der Waals surface area contributed by atoms with Crippen LogP contribution in [0.2, 0.25) is 0 Å². The molecule has 1 rings (SSSR count). The third kappa shape index (κ3) is 5.45. The van der Waals surface area contributed by atoms with E-state index in [0.29, 0.717) is 6.29 Å². The molecule has 23 heavy (non-hydrogen) atoms. The molecule has 5 nitrogen and oxygen atoms in total. The lowest BCUT2D eigenvalue weighted by atomic mass is 9.84. The summed E-state index contributed by atoms with van der Waals surface area (Å²) in [4.78, 5) is 34.6. The Morgan fingerprint density at radius 3 is 2.35 bits per heavy atom. The Labute approximate surface area is 136 Å². The minimum Gasteiger partial charge on any atom is -0.390 e. The fraction of sp³-hybridized carbons (Fsp3) is 0.389. The van der Waals surface area contributed by atoms with Crippen LogP contribution in [0.5, 0.6) is 0 Å². The zero-order valence-corrected chi connectivity index (χ0v) is 13.9. The third-order valence-corrected chi connectivity index (χ3v) is 3.40. The highest BCUT2D eigenvalue weighted by Crippen LogP contribution is 2.23. The molecule has 0 radical (unpaired) electrons. The van der Waals surface area contributed by atoms with Crippen molar-refractivity contribution in [1.29, 1.82) is 0 Å². The highest BCUT2D eigenvalue weighted by Gasteiger charge is 2.30. The van der Waals surface area contributed by atoms with Crippen LogP contribution in [0.4, 0.5) is 0 Å².